The lowest BCUT2D eigenvalue weighted by Gasteiger charge is -2.55. The summed E-state index contributed by atoms with van der Waals surface area (Å²) in [5.41, 5.74) is 0.273. The highest BCUT2D eigenvalue weighted by molar-refractivity contribution is 7.16. The lowest BCUT2D eigenvalue weighted by atomic mass is 9.50. The van der Waals surface area contributed by atoms with Crippen molar-refractivity contribution in [2.24, 2.45) is 17.8 Å². The normalized spacial score (nSPS) is 31.7. The van der Waals surface area contributed by atoms with Crippen molar-refractivity contribution in [3.63, 3.8) is 0 Å². The summed E-state index contributed by atoms with van der Waals surface area (Å²) in [5, 5.41) is 14.8. The Labute approximate surface area is 160 Å². The monoisotopic (exact) mass is 384 g/mol. The standard InChI is InChI=1S/C20H21FN4OS/c21-15-1-3-16(4-2-15)26-11-17-22-23-19-25(17)24-18(27-19)20-8-12-5-13(9-20)7-14(6-12)10-20/h1-4,12-14H,5-11H2. The summed E-state index contributed by atoms with van der Waals surface area (Å²) in [7, 11) is 0. The van der Waals surface area contributed by atoms with Crippen molar-refractivity contribution in [2.75, 3.05) is 0 Å². The van der Waals surface area contributed by atoms with E-state index in [9.17, 15) is 4.39 Å². The molecule has 5 nitrogen and oxygen atoms in total. The van der Waals surface area contributed by atoms with Gasteiger partial charge in [0.05, 0.1) is 0 Å². The second kappa shape index (κ2) is 5.74. The zero-order valence-corrected chi connectivity index (χ0v) is 15.8. The molecule has 4 aliphatic carbocycles. The molecule has 4 bridgehead atoms. The summed E-state index contributed by atoms with van der Waals surface area (Å²) in [6.45, 7) is 0.275. The number of aromatic nitrogens is 4. The molecule has 0 unspecified atom stereocenters. The maximum absolute atomic E-state index is 13.0. The van der Waals surface area contributed by atoms with Crippen LogP contribution in [-0.2, 0) is 12.0 Å². The molecule has 2 aromatic heterocycles. The molecule has 7 rings (SSSR count). The minimum absolute atomic E-state index is 0.271. The van der Waals surface area contributed by atoms with E-state index in [1.807, 2.05) is 4.52 Å². The van der Waals surface area contributed by atoms with Crippen molar-refractivity contribution in [2.45, 2.75) is 50.5 Å². The number of ether oxygens (including phenoxy) is 1. The van der Waals surface area contributed by atoms with Crippen molar-refractivity contribution in [1.29, 1.82) is 0 Å². The number of halogens is 1. The summed E-state index contributed by atoms with van der Waals surface area (Å²) in [6.07, 6.45) is 8.18. The Morgan fingerprint density at radius 1 is 1.04 bits per heavy atom. The van der Waals surface area contributed by atoms with Crippen molar-refractivity contribution in [3.8, 4) is 5.75 Å². The number of hydrogen-bond acceptors (Lipinski definition) is 5. The van der Waals surface area contributed by atoms with E-state index in [1.54, 1.807) is 23.5 Å². The maximum Gasteiger partial charge on any atom is 0.234 e. The molecule has 4 fully saturated rings. The van der Waals surface area contributed by atoms with Gasteiger partial charge in [-0.2, -0.15) is 9.61 Å². The fraction of sp³-hybridized carbons (Fsp3) is 0.550. The lowest BCUT2D eigenvalue weighted by molar-refractivity contribution is -0.00569. The first-order valence-electron chi connectivity index (χ1n) is 9.77. The predicted octanol–water partition coefficient (Wildman–Crippen LogP) is 4.37. The van der Waals surface area contributed by atoms with Gasteiger partial charge in [0.1, 0.15) is 23.2 Å². The molecule has 0 N–H and O–H groups in total. The van der Waals surface area contributed by atoms with Gasteiger partial charge in [0.2, 0.25) is 4.96 Å². The molecular formula is C20H21FN4OS. The molecule has 0 aliphatic heterocycles. The van der Waals surface area contributed by atoms with E-state index < -0.39 is 0 Å². The number of rotatable bonds is 4. The fourth-order valence-electron chi connectivity index (χ4n) is 6.01. The highest BCUT2D eigenvalue weighted by atomic mass is 32.1. The van der Waals surface area contributed by atoms with Crippen molar-refractivity contribution in [1.82, 2.24) is 19.8 Å². The first-order valence-corrected chi connectivity index (χ1v) is 10.6. The van der Waals surface area contributed by atoms with Crippen LogP contribution in [0.1, 0.15) is 49.4 Å². The van der Waals surface area contributed by atoms with Crippen LogP contribution < -0.4 is 4.74 Å². The fourth-order valence-corrected chi connectivity index (χ4v) is 7.09. The van der Waals surface area contributed by atoms with Crippen LogP contribution >= 0.6 is 11.3 Å². The van der Waals surface area contributed by atoms with Crippen LogP contribution in [0.15, 0.2) is 24.3 Å². The van der Waals surface area contributed by atoms with Gasteiger partial charge in [0.15, 0.2) is 5.82 Å². The number of fused-ring (bicyclic) bond motifs is 1. The smallest absolute Gasteiger partial charge is 0.234 e. The molecule has 0 saturated heterocycles. The van der Waals surface area contributed by atoms with Crippen LogP contribution in [0.25, 0.3) is 4.96 Å². The van der Waals surface area contributed by atoms with Crippen LogP contribution in [-0.4, -0.2) is 19.8 Å². The highest BCUT2D eigenvalue weighted by Gasteiger charge is 2.53. The van der Waals surface area contributed by atoms with Gasteiger partial charge in [0, 0.05) is 5.41 Å². The third-order valence-corrected chi connectivity index (χ3v) is 7.87. The zero-order chi connectivity index (χ0) is 18.0. The van der Waals surface area contributed by atoms with Crippen molar-refractivity contribution < 1.29 is 9.13 Å². The molecule has 0 spiro atoms. The predicted molar refractivity (Wildman–Crippen MR) is 99.2 cm³/mol. The highest BCUT2D eigenvalue weighted by Crippen LogP contribution is 2.61. The van der Waals surface area contributed by atoms with E-state index in [2.05, 4.69) is 10.2 Å². The van der Waals surface area contributed by atoms with Gasteiger partial charge in [-0.05, 0) is 80.5 Å². The maximum atomic E-state index is 13.0. The molecule has 0 amide bonds. The molecular weight excluding hydrogens is 363 g/mol. The largest absolute Gasteiger partial charge is 0.486 e. The van der Waals surface area contributed by atoms with Gasteiger partial charge >= 0.3 is 0 Å². The van der Waals surface area contributed by atoms with E-state index in [0.29, 0.717) is 11.6 Å². The summed E-state index contributed by atoms with van der Waals surface area (Å²) in [5.74, 6) is 3.73. The summed E-state index contributed by atoms with van der Waals surface area (Å²) < 4.78 is 20.6. The SMILES string of the molecule is Fc1ccc(OCc2nnc3sc(C45CC6CC(CC(C6)C4)C5)nn23)cc1. The Morgan fingerprint density at radius 2 is 1.70 bits per heavy atom. The first-order chi connectivity index (χ1) is 13.2. The molecule has 140 valence electrons. The molecule has 2 heterocycles. The topological polar surface area (TPSA) is 52.3 Å². The third kappa shape index (κ3) is 2.58. The van der Waals surface area contributed by atoms with Crippen molar-refractivity contribution >= 4 is 16.3 Å². The lowest BCUT2D eigenvalue weighted by Crippen LogP contribution is -2.48. The van der Waals surface area contributed by atoms with Gasteiger partial charge in [-0.3, -0.25) is 0 Å². The summed E-state index contributed by atoms with van der Waals surface area (Å²) in [6, 6.07) is 6.02. The van der Waals surface area contributed by atoms with E-state index in [4.69, 9.17) is 9.84 Å². The van der Waals surface area contributed by atoms with Gasteiger partial charge in [-0.25, -0.2) is 4.39 Å². The van der Waals surface area contributed by atoms with Crippen LogP contribution in [0.3, 0.4) is 0 Å². The number of benzene rings is 1. The second-order valence-corrected chi connectivity index (χ2v) is 9.61. The van der Waals surface area contributed by atoms with Crippen LogP contribution in [0, 0.1) is 23.6 Å². The molecule has 7 heteroatoms. The Morgan fingerprint density at radius 3 is 2.37 bits per heavy atom. The molecule has 3 aromatic rings. The van der Waals surface area contributed by atoms with E-state index in [-0.39, 0.29) is 17.8 Å². The third-order valence-electron chi connectivity index (χ3n) is 6.73. The zero-order valence-electron chi connectivity index (χ0n) is 15.0. The van der Waals surface area contributed by atoms with Gasteiger partial charge < -0.3 is 4.74 Å². The Bertz CT molecular complexity index is 960. The van der Waals surface area contributed by atoms with E-state index >= 15 is 0 Å². The Hall–Kier alpha value is -2.02. The second-order valence-electron chi connectivity index (χ2n) is 8.66. The quantitative estimate of drug-likeness (QED) is 0.670. The first kappa shape index (κ1) is 16.0. The van der Waals surface area contributed by atoms with Crippen molar-refractivity contribution in [3.05, 3.63) is 40.9 Å². The Balaban J connectivity index is 1.28. The number of nitrogens with zero attached hydrogens (tertiary/aromatic N) is 4. The average molecular weight is 384 g/mol. The molecule has 0 atom stereocenters. The number of hydrogen-bond donors (Lipinski definition) is 0. The minimum Gasteiger partial charge on any atom is -0.486 e. The van der Waals surface area contributed by atoms with Crippen LogP contribution in [0.2, 0.25) is 0 Å². The molecule has 0 radical (unpaired) electrons. The van der Waals surface area contributed by atoms with Crippen LogP contribution in [0.5, 0.6) is 5.75 Å². The molecule has 4 aliphatic rings. The minimum atomic E-state index is -0.271. The molecule has 1 aromatic carbocycles. The van der Waals surface area contributed by atoms with Gasteiger partial charge in [0.25, 0.3) is 0 Å². The summed E-state index contributed by atoms with van der Waals surface area (Å²) >= 11 is 1.70. The average Bonchev–Trinajstić information content (AvgIpc) is 3.22. The van der Waals surface area contributed by atoms with Gasteiger partial charge in [-0.15, -0.1) is 10.2 Å². The summed E-state index contributed by atoms with van der Waals surface area (Å²) in [4.78, 5) is 0.846. The van der Waals surface area contributed by atoms with E-state index in [0.717, 1.165) is 22.7 Å². The van der Waals surface area contributed by atoms with Gasteiger partial charge in [-0.1, -0.05) is 11.3 Å². The van der Waals surface area contributed by atoms with Crippen LogP contribution in [0.4, 0.5) is 4.39 Å². The Kier molecular flexibility index (Phi) is 3.40. The van der Waals surface area contributed by atoms with E-state index in [1.165, 1.54) is 55.7 Å². The molecule has 4 saturated carbocycles. The molecule has 27 heavy (non-hydrogen) atoms.